The molecule has 2 amide bonds. The number of aromatic nitrogens is 1. The summed E-state index contributed by atoms with van der Waals surface area (Å²) in [6, 6.07) is 5.08. The van der Waals surface area contributed by atoms with Crippen LogP contribution in [0.5, 0.6) is 0 Å². The molecule has 78 valence electrons. The molecule has 0 aliphatic carbocycles. The number of nitrogens with zero attached hydrogens (tertiary/aromatic N) is 2. The van der Waals surface area contributed by atoms with Gasteiger partial charge >= 0.3 is 0 Å². The Morgan fingerprint density at radius 1 is 1.47 bits per heavy atom. The molecule has 5 heteroatoms. The molecule has 0 unspecified atom stereocenters. The number of amides is 2. The zero-order valence-electron chi connectivity index (χ0n) is 7.94. The van der Waals surface area contributed by atoms with Crippen LogP contribution < -0.4 is 0 Å². The first-order valence-corrected chi connectivity index (χ1v) is 5.45. The van der Waals surface area contributed by atoms with Crippen LogP contribution >= 0.6 is 15.9 Å². The second-order valence-electron chi connectivity index (χ2n) is 3.30. The molecular weight excluding hydrogens is 260 g/mol. The molecule has 1 fully saturated rings. The summed E-state index contributed by atoms with van der Waals surface area (Å²) in [6.45, 7) is 0.506. The van der Waals surface area contributed by atoms with Gasteiger partial charge in [0.2, 0.25) is 5.91 Å². The first-order chi connectivity index (χ1) is 7.18. The summed E-state index contributed by atoms with van der Waals surface area (Å²) in [4.78, 5) is 28.5. The van der Waals surface area contributed by atoms with Crippen molar-refractivity contribution >= 4 is 27.7 Å². The summed E-state index contributed by atoms with van der Waals surface area (Å²) in [6.07, 6.45) is 1.21. The molecule has 0 bridgehead atoms. The van der Waals surface area contributed by atoms with Crippen molar-refractivity contribution in [2.45, 2.75) is 12.8 Å². The Bertz CT molecular complexity index is 420. The van der Waals surface area contributed by atoms with Crippen LogP contribution in [-0.2, 0) is 4.79 Å². The van der Waals surface area contributed by atoms with E-state index < -0.39 is 0 Å². The number of rotatable bonds is 1. The summed E-state index contributed by atoms with van der Waals surface area (Å²) in [7, 11) is 0. The largest absolute Gasteiger partial charge is 0.279 e. The minimum atomic E-state index is -0.307. The maximum Gasteiger partial charge on any atom is 0.279 e. The average Bonchev–Trinajstić information content (AvgIpc) is 2.63. The average molecular weight is 269 g/mol. The van der Waals surface area contributed by atoms with Crippen molar-refractivity contribution in [1.29, 1.82) is 0 Å². The Labute approximate surface area is 95.4 Å². The summed E-state index contributed by atoms with van der Waals surface area (Å²) in [5.74, 6) is -0.416. The predicted molar refractivity (Wildman–Crippen MR) is 57.2 cm³/mol. The van der Waals surface area contributed by atoms with Gasteiger partial charge < -0.3 is 0 Å². The number of halogens is 1. The van der Waals surface area contributed by atoms with Crippen LogP contribution in [0.15, 0.2) is 22.8 Å². The summed E-state index contributed by atoms with van der Waals surface area (Å²) in [5, 5.41) is 0. The normalized spacial score (nSPS) is 15.8. The zero-order valence-corrected chi connectivity index (χ0v) is 9.53. The van der Waals surface area contributed by atoms with E-state index in [1.54, 1.807) is 18.2 Å². The summed E-state index contributed by atoms with van der Waals surface area (Å²) >= 11 is 3.19. The van der Waals surface area contributed by atoms with Gasteiger partial charge in [0.25, 0.3) is 5.91 Å². The fourth-order valence-electron chi connectivity index (χ4n) is 1.53. The Hall–Kier alpha value is -1.23. The highest BCUT2D eigenvalue weighted by Crippen LogP contribution is 2.14. The second kappa shape index (κ2) is 4.10. The molecule has 15 heavy (non-hydrogen) atoms. The molecule has 0 saturated carbocycles. The quantitative estimate of drug-likeness (QED) is 0.575. The van der Waals surface area contributed by atoms with Crippen molar-refractivity contribution in [3.8, 4) is 0 Å². The molecule has 0 atom stereocenters. The summed E-state index contributed by atoms with van der Waals surface area (Å²) < 4.78 is 0.597. The zero-order chi connectivity index (χ0) is 10.8. The van der Waals surface area contributed by atoms with Crippen LogP contribution in [0.4, 0.5) is 0 Å². The molecule has 0 aromatic carbocycles. The van der Waals surface area contributed by atoms with Crippen molar-refractivity contribution < 1.29 is 9.59 Å². The second-order valence-corrected chi connectivity index (χ2v) is 4.11. The monoisotopic (exact) mass is 268 g/mol. The highest BCUT2D eigenvalue weighted by Gasteiger charge is 2.27. The van der Waals surface area contributed by atoms with Crippen LogP contribution in [0.25, 0.3) is 0 Å². The van der Waals surface area contributed by atoms with Gasteiger partial charge in [0.1, 0.15) is 10.3 Å². The fraction of sp³-hybridized carbons (Fsp3) is 0.300. The minimum Gasteiger partial charge on any atom is -0.277 e. The number of pyridine rings is 1. The Balaban J connectivity index is 2.24. The Morgan fingerprint density at radius 2 is 2.27 bits per heavy atom. The number of hydrogen-bond acceptors (Lipinski definition) is 3. The van der Waals surface area contributed by atoms with Gasteiger partial charge in [-0.1, -0.05) is 6.07 Å². The molecule has 0 radical (unpaired) electrons. The minimum absolute atomic E-state index is 0.109. The van der Waals surface area contributed by atoms with E-state index in [9.17, 15) is 9.59 Å². The highest BCUT2D eigenvalue weighted by molar-refractivity contribution is 9.10. The van der Waals surface area contributed by atoms with Gasteiger partial charge in [-0.25, -0.2) is 4.98 Å². The van der Waals surface area contributed by atoms with Crippen LogP contribution in [0.2, 0.25) is 0 Å². The lowest BCUT2D eigenvalue weighted by Crippen LogP contribution is -2.32. The molecule has 0 N–H and O–H groups in total. The lowest BCUT2D eigenvalue weighted by atomic mass is 10.3. The molecule has 2 heterocycles. The molecule has 1 aliphatic rings. The van der Waals surface area contributed by atoms with E-state index >= 15 is 0 Å². The third-order valence-corrected chi connectivity index (χ3v) is 2.69. The van der Waals surface area contributed by atoms with Crippen LogP contribution in [0.3, 0.4) is 0 Å². The van der Waals surface area contributed by atoms with Crippen LogP contribution in [0.1, 0.15) is 23.3 Å². The molecule has 1 aromatic heterocycles. The lowest BCUT2D eigenvalue weighted by molar-refractivity contribution is -0.125. The van der Waals surface area contributed by atoms with E-state index in [1.807, 2.05) is 0 Å². The van der Waals surface area contributed by atoms with E-state index in [-0.39, 0.29) is 11.8 Å². The van der Waals surface area contributed by atoms with Gasteiger partial charge in [-0.3, -0.25) is 14.5 Å². The van der Waals surface area contributed by atoms with E-state index in [0.717, 1.165) is 6.42 Å². The first kappa shape index (κ1) is 10.3. The molecule has 1 saturated heterocycles. The van der Waals surface area contributed by atoms with E-state index in [1.165, 1.54) is 4.90 Å². The van der Waals surface area contributed by atoms with Gasteiger partial charge in [0.05, 0.1) is 0 Å². The predicted octanol–water partition coefficient (Wildman–Crippen LogP) is 1.61. The van der Waals surface area contributed by atoms with Crippen LogP contribution in [0, 0.1) is 0 Å². The molecule has 4 nitrogen and oxygen atoms in total. The van der Waals surface area contributed by atoms with Crippen molar-refractivity contribution in [3.63, 3.8) is 0 Å². The molecular formula is C10H9BrN2O2. The van der Waals surface area contributed by atoms with Crippen molar-refractivity contribution in [1.82, 2.24) is 9.88 Å². The molecule has 1 aromatic rings. The third kappa shape index (κ3) is 2.07. The maximum absolute atomic E-state index is 11.8. The van der Waals surface area contributed by atoms with Crippen molar-refractivity contribution in [2.75, 3.05) is 6.54 Å². The maximum atomic E-state index is 11.8. The SMILES string of the molecule is O=C1CCCN1C(=O)c1cccc(Br)n1. The molecule has 2 rings (SSSR count). The topological polar surface area (TPSA) is 50.3 Å². The highest BCUT2D eigenvalue weighted by atomic mass is 79.9. The first-order valence-electron chi connectivity index (χ1n) is 4.66. The number of hydrogen-bond donors (Lipinski definition) is 0. The number of likely N-dealkylation sites (tertiary alicyclic amines) is 1. The van der Waals surface area contributed by atoms with Gasteiger partial charge in [0.15, 0.2) is 0 Å². The van der Waals surface area contributed by atoms with Gasteiger partial charge in [-0.05, 0) is 34.5 Å². The van der Waals surface area contributed by atoms with E-state index in [0.29, 0.717) is 23.3 Å². The molecule has 1 aliphatic heterocycles. The number of imide groups is 1. The standard InChI is InChI=1S/C10H9BrN2O2/c11-8-4-1-3-7(12-8)10(15)13-6-2-5-9(13)14/h1,3-4H,2,5-6H2. The van der Waals surface area contributed by atoms with E-state index in [2.05, 4.69) is 20.9 Å². The summed E-state index contributed by atoms with van der Waals surface area (Å²) in [5.41, 5.74) is 0.305. The smallest absolute Gasteiger partial charge is 0.277 e. The van der Waals surface area contributed by atoms with Crippen molar-refractivity contribution in [3.05, 3.63) is 28.5 Å². The van der Waals surface area contributed by atoms with Crippen molar-refractivity contribution in [2.24, 2.45) is 0 Å². The van der Waals surface area contributed by atoms with Gasteiger partial charge in [-0.15, -0.1) is 0 Å². The number of carbonyl (C=O) groups is 2. The van der Waals surface area contributed by atoms with Gasteiger partial charge in [-0.2, -0.15) is 0 Å². The van der Waals surface area contributed by atoms with Gasteiger partial charge in [0, 0.05) is 13.0 Å². The van der Waals surface area contributed by atoms with E-state index in [4.69, 9.17) is 0 Å². The van der Waals surface area contributed by atoms with Crippen LogP contribution in [-0.4, -0.2) is 28.2 Å². The fourth-order valence-corrected chi connectivity index (χ4v) is 1.87. The Morgan fingerprint density at radius 3 is 2.87 bits per heavy atom. The number of carbonyl (C=O) groups excluding carboxylic acids is 2. The third-order valence-electron chi connectivity index (χ3n) is 2.25. The Kier molecular flexibility index (Phi) is 2.81. The molecule has 0 spiro atoms. The lowest BCUT2D eigenvalue weighted by Gasteiger charge is -2.12.